The van der Waals surface area contributed by atoms with Crippen LogP contribution in [0.4, 0.5) is 5.82 Å². The van der Waals surface area contributed by atoms with Gasteiger partial charge in [0.15, 0.2) is 0 Å². The summed E-state index contributed by atoms with van der Waals surface area (Å²) in [6.45, 7) is 11.0. The van der Waals surface area contributed by atoms with E-state index < -0.39 is 0 Å². The molecule has 1 aromatic heterocycles. The van der Waals surface area contributed by atoms with E-state index in [0.29, 0.717) is 18.0 Å². The number of hydrogen-bond donors (Lipinski definition) is 1. The Balaban J connectivity index is 2.58. The van der Waals surface area contributed by atoms with Gasteiger partial charge in [0.1, 0.15) is 5.82 Å². The first-order chi connectivity index (χ1) is 9.08. The van der Waals surface area contributed by atoms with Gasteiger partial charge in [0, 0.05) is 25.8 Å². The van der Waals surface area contributed by atoms with Crippen molar-refractivity contribution in [3.05, 3.63) is 23.9 Å². The topological polar surface area (TPSA) is 45.2 Å². The van der Waals surface area contributed by atoms with Gasteiger partial charge in [0.25, 0.3) is 5.91 Å². The fourth-order valence-corrected chi connectivity index (χ4v) is 1.83. The molecule has 1 N–H and O–H groups in total. The van der Waals surface area contributed by atoms with Crippen LogP contribution in [0.5, 0.6) is 0 Å². The first kappa shape index (κ1) is 15.5. The second-order valence-corrected chi connectivity index (χ2v) is 5.02. The summed E-state index contributed by atoms with van der Waals surface area (Å²) in [5.41, 5.74) is 0.625. The monoisotopic (exact) mass is 263 g/mol. The second-order valence-electron chi connectivity index (χ2n) is 5.02. The van der Waals surface area contributed by atoms with Gasteiger partial charge in [-0.2, -0.15) is 0 Å². The maximum atomic E-state index is 11.9. The lowest BCUT2D eigenvalue weighted by Gasteiger charge is -2.19. The number of aromatic nitrogens is 1. The van der Waals surface area contributed by atoms with Crippen LogP contribution in [0.3, 0.4) is 0 Å². The molecule has 4 nitrogen and oxygen atoms in total. The van der Waals surface area contributed by atoms with Crippen LogP contribution in [0.2, 0.25) is 0 Å². The summed E-state index contributed by atoms with van der Waals surface area (Å²) in [6.07, 6.45) is 2.65. The van der Waals surface area contributed by atoms with Gasteiger partial charge in [0.05, 0.1) is 5.56 Å². The molecule has 106 valence electrons. The summed E-state index contributed by atoms with van der Waals surface area (Å²) in [6, 6.07) is 3.75. The molecule has 0 aliphatic carbocycles. The summed E-state index contributed by atoms with van der Waals surface area (Å²) >= 11 is 0. The third-order valence-electron chi connectivity index (χ3n) is 3.10. The van der Waals surface area contributed by atoms with Crippen molar-refractivity contribution >= 4 is 11.7 Å². The molecular weight excluding hydrogens is 238 g/mol. The smallest absolute Gasteiger partial charge is 0.252 e. The highest BCUT2D eigenvalue weighted by Gasteiger charge is 2.08. The molecule has 0 unspecified atom stereocenters. The maximum Gasteiger partial charge on any atom is 0.252 e. The molecule has 0 aromatic carbocycles. The van der Waals surface area contributed by atoms with E-state index in [9.17, 15) is 4.79 Å². The third-order valence-corrected chi connectivity index (χ3v) is 3.10. The first-order valence-electron chi connectivity index (χ1n) is 7.07. The summed E-state index contributed by atoms with van der Waals surface area (Å²) in [5, 5.41) is 2.91. The lowest BCUT2D eigenvalue weighted by molar-refractivity contribution is 0.0951. The van der Waals surface area contributed by atoms with Crippen LogP contribution in [-0.4, -0.2) is 30.5 Å². The molecule has 0 bridgehead atoms. The highest BCUT2D eigenvalue weighted by molar-refractivity contribution is 5.94. The fourth-order valence-electron chi connectivity index (χ4n) is 1.83. The average molecular weight is 263 g/mol. The number of anilines is 1. The van der Waals surface area contributed by atoms with Crippen LogP contribution >= 0.6 is 0 Å². The Morgan fingerprint density at radius 2 is 2.00 bits per heavy atom. The standard InChI is InChI=1S/C15H25N3O/c1-5-18(6-2)14-8-7-13(11-17-14)15(19)16-10-9-12(3)4/h7-8,11-12H,5-6,9-10H2,1-4H3,(H,16,19). The van der Waals surface area contributed by atoms with E-state index in [-0.39, 0.29) is 5.91 Å². The highest BCUT2D eigenvalue weighted by atomic mass is 16.1. The van der Waals surface area contributed by atoms with Gasteiger partial charge in [-0.15, -0.1) is 0 Å². The Morgan fingerprint density at radius 3 is 2.47 bits per heavy atom. The van der Waals surface area contributed by atoms with Gasteiger partial charge >= 0.3 is 0 Å². The number of carbonyl (C=O) groups excluding carboxylic acids is 1. The van der Waals surface area contributed by atoms with E-state index in [2.05, 4.69) is 42.9 Å². The largest absolute Gasteiger partial charge is 0.357 e. The number of rotatable bonds is 7. The molecule has 0 aliphatic rings. The lowest BCUT2D eigenvalue weighted by atomic mass is 10.1. The predicted octanol–water partition coefficient (Wildman–Crippen LogP) is 2.70. The molecule has 4 heteroatoms. The summed E-state index contributed by atoms with van der Waals surface area (Å²) in [5.74, 6) is 1.48. The molecule has 0 saturated carbocycles. The van der Waals surface area contributed by atoms with E-state index >= 15 is 0 Å². The Bertz CT molecular complexity index is 383. The van der Waals surface area contributed by atoms with E-state index in [1.165, 1.54) is 0 Å². The number of nitrogens with one attached hydrogen (secondary N) is 1. The Hall–Kier alpha value is -1.58. The van der Waals surface area contributed by atoms with Gasteiger partial charge in [0.2, 0.25) is 0 Å². The molecule has 0 spiro atoms. The van der Waals surface area contributed by atoms with Crippen LogP contribution in [0.15, 0.2) is 18.3 Å². The van der Waals surface area contributed by atoms with Crippen LogP contribution in [-0.2, 0) is 0 Å². The van der Waals surface area contributed by atoms with Crippen molar-refractivity contribution in [2.75, 3.05) is 24.5 Å². The van der Waals surface area contributed by atoms with E-state index in [4.69, 9.17) is 0 Å². The molecule has 1 rings (SSSR count). The summed E-state index contributed by atoms with van der Waals surface area (Å²) in [7, 11) is 0. The van der Waals surface area contributed by atoms with Gasteiger partial charge in [-0.25, -0.2) is 4.98 Å². The van der Waals surface area contributed by atoms with Crippen molar-refractivity contribution in [3.63, 3.8) is 0 Å². The van der Waals surface area contributed by atoms with Gasteiger partial charge in [-0.1, -0.05) is 13.8 Å². The van der Waals surface area contributed by atoms with Gasteiger partial charge in [-0.3, -0.25) is 4.79 Å². The van der Waals surface area contributed by atoms with Crippen molar-refractivity contribution in [1.82, 2.24) is 10.3 Å². The Kier molecular flexibility index (Phi) is 6.33. The maximum absolute atomic E-state index is 11.9. The zero-order chi connectivity index (χ0) is 14.3. The zero-order valence-corrected chi connectivity index (χ0v) is 12.4. The summed E-state index contributed by atoms with van der Waals surface area (Å²) in [4.78, 5) is 18.4. The van der Waals surface area contributed by atoms with Crippen LogP contribution in [0.25, 0.3) is 0 Å². The van der Waals surface area contributed by atoms with Gasteiger partial charge in [-0.05, 0) is 38.3 Å². The van der Waals surface area contributed by atoms with E-state index in [1.807, 2.05) is 12.1 Å². The van der Waals surface area contributed by atoms with Crippen molar-refractivity contribution in [2.24, 2.45) is 5.92 Å². The minimum absolute atomic E-state index is 0.0424. The first-order valence-corrected chi connectivity index (χ1v) is 7.07. The highest BCUT2D eigenvalue weighted by Crippen LogP contribution is 2.10. The molecule has 0 atom stereocenters. The molecule has 0 radical (unpaired) electrons. The fraction of sp³-hybridized carbons (Fsp3) is 0.600. The molecule has 0 aliphatic heterocycles. The molecule has 1 heterocycles. The molecule has 1 amide bonds. The molecule has 19 heavy (non-hydrogen) atoms. The lowest BCUT2D eigenvalue weighted by Crippen LogP contribution is -2.26. The quantitative estimate of drug-likeness (QED) is 0.822. The zero-order valence-electron chi connectivity index (χ0n) is 12.4. The molecular formula is C15H25N3O. The van der Waals surface area contributed by atoms with Crippen molar-refractivity contribution in [3.8, 4) is 0 Å². The molecule has 1 aromatic rings. The predicted molar refractivity (Wildman–Crippen MR) is 79.6 cm³/mol. The van der Waals surface area contributed by atoms with E-state index in [0.717, 1.165) is 25.3 Å². The number of nitrogens with zero attached hydrogens (tertiary/aromatic N) is 2. The Morgan fingerprint density at radius 1 is 1.32 bits per heavy atom. The number of amides is 1. The normalized spacial score (nSPS) is 10.6. The van der Waals surface area contributed by atoms with Gasteiger partial charge < -0.3 is 10.2 Å². The number of hydrogen-bond acceptors (Lipinski definition) is 3. The average Bonchev–Trinajstić information content (AvgIpc) is 2.40. The third kappa shape index (κ3) is 4.89. The van der Waals surface area contributed by atoms with Crippen LogP contribution in [0.1, 0.15) is 44.5 Å². The number of pyridine rings is 1. The van der Waals surface area contributed by atoms with Crippen molar-refractivity contribution in [2.45, 2.75) is 34.1 Å². The van der Waals surface area contributed by atoms with E-state index in [1.54, 1.807) is 6.20 Å². The van der Waals surface area contributed by atoms with Crippen LogP contribution < -0.4 is 10.2 Å². The minimum atomic E-state index is -0.0424. The van der Waals surface area contributed by atoms with Crippen molar-refractivity contribution < 1.29 is 4.79 Å². The SMILES string of the molecule is CCN(CC)c1ccc(C(=O)NCCC(C)C)cn1. The van der Waals surface area contributed by atoms with Crippen LogP contribution in [0, 0.1) is 5.92 Å². The number of carbonyl (C=O) groups is 1. The molecule has 0 saturated heterocycles. The Labute approximate surface area is 116 Å². The second kappa shape index (κ2) is 7.77. The molecule has 0 fully saturated rings. The van der Waals surface area contributed by atoms with Crippen molar-refractivity contribution in [1.29, 1.82) is 0 Å². The summed E-state index contributed by atoms with van der Waals surface area (Å²) < 4.78 is 0. The minimum Gasteiger partial charge on any atom is -0.357 e.